The van der Waals surface area contributed by atoms with Gasteiger partial charge in [0.15, 0.2) is 0 Å². The Kier molecular flexibility index (Phi) is 8.65. The topological polar surface area (TPSA) is 89.3 Å². The molecule has 0 saturated heterocycles. The van der Waals surface area contributed by atoms with Crippen LogP contribution in [0, 0.1) is 5.92 Å². The summed E-state index contributed by atoms with van der Waals surface area (Å²) in [7, 11) is 1.60. The lowest BCUT2D eigenvalue weighted by Crippen LogP contribution is -2.38. The van der Waals surface area contributed by atoms with Crippen LogP contribution in [0.2, 0.25) is 0 Å². The van der Waals surface area contributed by atoms with Crippen LogP contribution in [0.15, 0.2) is 42.6 Å². The molecular weight excluding hydrogens is 375 g/mol. The molecule has 0 spiro atoms. The number of nitrogens with one attached hydrogen (secondary N) is 2. The highest BCUT2D eigenvalue weighted by Gasteiger charge is 2.28. The number of carbonyl (C=O) groups is 1. The largest absolute Gasteiger partial charge is 0.495 e. The van der Waals surface area contributed by atoms with Crippen molar-refractivity contribution < 1.29 is 9.53 Å². The van der Waals surface area contributed by atoms with Crippen LogP contribution in [-0.2, 0) is 0 Å². The third-order valence-corrected chi connectivity index (χ3v) is 4.14. The Bertz CT molecular complexity index is 726. The first-order valence-electron chi connectivity index (χ1n) is 8.08. The zero-order valence-corrected chi connectivity index (χ0v) is 16.1. The molecule has 1 amide bonds. The van der Waals surface area contributed by atoms with Gasteiger partial charge in [-0.25, -0.2) is 4.98 Å². The summed E-state index contributed by atoms with van der Waals surface area (Å²) in [6, 6.07) is 11.0. The van der Waals surface area contributed by atoms with E-state index < -0.39 is 0 Å². The molecule has 1 aromatic heterocycles. The van der Waals surface area contributed by atoms with Crippen molar-refractivity contribution in [2.75, 3.05) is 19.0 Å². The molecule has 4 N–H and O–H groups in total. The molecule has 6 nitrogen and oxygen atoms in total. The van der Waals surface area contributed by atoms with Gasteiger partial charge in [-0.2, -0.15) is 0 Å². The quantitative estimate of drug-likeness (QED) is 0.666. The molecule has 3 rings (SSSR count). The molecule has 1 aromatic carbocycles. The van der Waals surface area contributed by atoms with Gasteiger partial charge in [-0.3, -0.25) is 4.79 Å². The van der Waals surface area contributed by atoms with Crippen LogP contribution < -0.4 is 21.1 Å². The molecule has 1 aliphatic rings. The van der Waals surface area contributed by atoms with Gasteiger partial charge in [-0.15, -0.1) is 24.8 Å². The highest BCUT2D eigenvalue weighted by atomic mass is 35.5. The fourth-order valence-electron chi connectivity index (χ4n) is 2.56. The molecule has 1 atom stereocenters. The smallest absolute Gasteiger partial charge is 0.255 e. The van der Waals surface area contributed by atoms with Crippen molar-refractivity contribution >= 4 is 42.2 Å². The third-order valence-electron chi connectivity index (χ3n) is 4.14. The van der Waals surface area contributed by atoms with Gasteiger partial charge in [-0.1, -0.05) is 12.1 Å². The Morgan fingerprint density at radius 2 is 2.00 bits per heavy atom. The van der Waals surface area contributed by atoms with Crippen LogP contribution in [0.25, 0.3) is 0 Å². The molecule has 0 bridgehead atoms. The Labute approximate surface area is 165 Å². The van der Waals surface area contributed by atoms with Gasteiger partial charge in [0.1, 0.15) is 11.6 Å². The number of methoxy groups -OCH3 is 1. The standard InChI is InChI=1S/C18H22N4O2.2ClH/c1-24-16-7-3-2-6-15(16)22-17-13(5-4-10-20-17)18(23)21-11-14(19)12-8-9-12;;/h2-7,10,12,14H,8-9,11,19H2,1H3,(H,20,22)(H,21,23);2*1H. The van der Waals surface area contributed by atoms with E-state index in [9.17, 15) is 4.79 Å². The maximum absolute atomic E-state index is 12.5. The van der Waals surface area contributed by atoms with Crippen LogP contribution in [0.5, 0.6) is 5.75 Å². The average molecular weight is 399 g/mol. The number of hydrogen-bond acceptors (Lipinski definition) is 5. The fourth-order valence-corrected chi connectivity index (χ4v) is 2.56. The molecule has 2 aromatic rings. The predicted molar refractivity (Wildman–Crippen MR) is 108 cm³/mol. The van der Waals surface area contributed by atoms with Gasteiger partial charge in [0.2, 0.25) is 0 Å². The van der Waals surface area contributed by atoms with Crippen LogP contribution in [-0.4, -0.2) is 30.6 Å². The molecular formula is C18H24Cl2N4O2. The summed E-state index contributed by atoms with van der Waals surface area (Å²) in [5.41, 5.74) is 7.27. The lowest BCUT2D eigenvalue weighted by molar-refractivity contribution is 0.0951. The van der Waals surface area contributed by atoms with Crippen molar-refractivity contribution in [3.63, 3.8) is 0 Å². The maximum Gasteiger partial charge on any atom is 0.255 e. The van der Waals surface area contributed by atoms with E-state index in [1.165, 1.54) is 0 Å². The van der Waals surface area contributed by atoms with Gasteiger partial charge >= 0.3 is 0 Å². The van der Waals surface area contributed by atoms with Crippen LogP contribution in [0.3, 0.4) is 0 Å². The molecule has 1 fully saturated rings. The number of benzene rings is 1. The number of hydrogen-bond donors (Lipinski definition) is 3. The van der Waals surface area contributed by atoms with Crippen molar-refractivity contribution in [1.82, 2.24) is 10.3 Å². The zero-order chi connectivity index (χ0) is 16.9. The molecule has 8 heteroatoms. The normalized spacial score (nSPS) is 13.6. The second-order valence-electron chi connectivity index (χ2n) is 5.94. The summed E-state index contributed by atoms with van der Waals surface area (Å²) in [4.78, 5) is 16.8. The molecule has 0 radical (unpaired) electrons. The zero-order valence-electron chi connectivity index (χ0n) is 14.5. The number of aromatic nitrogens is 1. The number of nitrogens with two attached hydrogens (primary N) is 1. The minimum Gasteiger partial charge on any atom is -0.495 e. The highest BCUT2D eigenvalue weighted by Crippen LogP contribution is 2.31. The van der Waals surface area contributed by atoms with E-state index >= 15 is 0 Å². The third kappa shape index (κ3) is 5.49. The lowest BCUT2D eigenvalue weighted by atomic mass is 10.2. The maximum atomic E-state index is 12.5. The van der Waals surface area contributed by atoms with Crippen molar-refractivity contribution in [2.45, 2.75) is 18.9 Å². The second kappa shape index (κ2) is 10.2. The first-order chi connectivity index (χ1) is 11.7. The average Bonchev–Trinajstić information content (AvgIpc) is 3.45. The molecule has 1 aliphatic carbocycles. The number of carbonyl (C=O) groups excluding carboxylic acids is 1. The van der Waals surface area contributed by atoms with E-state index in [0.29, 0.717) is 29.6 Å². The molecule has 1 saturated carbocycles. The summed E-state index contributed by atoms with van der Waals surface area (Å²) in [6.45, 7) is 0.479. The lowest BCUT2D eigenvalue weighted by Gasteiger charge is -2.15. The number of ether oxygens (including phenoxy) is 1. The Morgan fingerprint density at radius 3 is 2.69 bits per heavy atom. The van der Waals surface area contributed by atoms with Gasteiger partial charge in [0.05, 0.1) is 18.4 Å². The first-order valence-corrected chi connectivity index (χ1v) is 8.08. The van der Waals surface area contributed by atoms with Crippen LogP contribution >= 0.6 is 24.8 Å². The Balaban J connectivity index is 0.00000169. The minimum atomic E-state index is -0.184. The van der Waals surface area contributed by atoms with Crippen LogP contribution in [0.4, 0.5) is 11.5 Å². The van der Waals surface area contributed by atoms with Gasteiger partial charge in [0.25, 0.3) is 5.91 Å². The van der Waals surface area contributed by atoms with E-state index in [-0.39, 0.29) is 36.8 Å². The van der Waals surface area contributed by atoms with E-state index in [1.54, 1.807) is 25.4 Å². The van der Waals surface area contributed by atoms with Crippen molar-refractivity contribution in [3.8, 4) is 5.75 Å². The molecule has 1 heterocycles. The van der Waals surface area contributed by atoms with E-state index in [0.717, 1.165) is 18.5 Å². The second-order valence-corrected chi connectivity index (χ2v) is 5.94. The molecule has 0 aliphatic heterocycles. The fraction of sp³-hybridized carbons (Fsp3) is 0.333. The number of nitrogens with zero attached hydrogens (tertiary/aromatic N) is 1. The number of amides is 1. The summed E-state index contributed by atoms with van der Waals surface area (Å²) in [5.74, 6) is 1.53. The van der Waals surface area contributed by atoms with Gasteiger partial charge < -0.3 is 21.1 Å². The minimum absolute atomic E-state index is 0. The summed E-state index contributed by atoms with van der Waals surface area (Å²) in [5, 5.41) is 6.07. The summed E-state index contributed by atoms with van der Waals surface area (Å²) in [6.07, 6.45) is 3.96. The summed E-state index contributed by atoms with van der Waals surface area (Å²) < 4.78 is 5.32. The molecule has 1 unspecified atom stereocenters. The van der Waals surface area contributed by atoms with E-state index in [4.69, 9.17) is 10.5 Å². The van der Waals surface area contributed by atoms with Gasteiger partial charge in [0, 0.05) is 18.8 Å². The number of rotatable bonds is 7. The van der Waals surface area contributed by atoms with Crippen molar-refractivity contribution in [3.05, 3.63) is 48.2 Å². The first kappa shape index (κ1) is 22.0. The number of anilines is 2. The number of pyridine rings is 1. The number of para-hydroxylation sites is 2. The predicted octanol–water partition coefficient (Wildman–Crippen LogP) is 3.14. The van der Waals surface area contributed by atoms with Gasteiger partial charge in [-0.05, 0) is 43.0 Å². The monoisotopic (exact) mass is 398 g/mol. The number of halogens is 2. The Morgan fingerprint density at radius 1 is 1.27 bits per heavy atom. The Hall–Kier alpha value is -2.02. The van der Waals surface area contributed by atoms with E-state index in [1.807, 2.05) is 24.3 Å². The van der Waals surface area contributed by atoms with Crippen molar-refractivity contribution in [2.24, 2.45) is 11.7 Å². The summed E-state index contributed by atoms with van der Waals surface area (Å²) >= 11 is 0. The van der Waals surface area contributed by atoms with E-state index in [2.05, 4.69) is 15.6 Å². The molecule has 142 valence electrons. The van der Waals surface area contributed by atoms with Crippen LogP contribution in [0.1, 0.15) is 23.2 Å². The molecule has 26 heavy (non-hydrogen) atoms. The SMILES string of the molecule is COc1ccccc1Nc1ncccc1C(=O)NCC(N)C1CC1.Cl.Cl. The van der Waals surface area contributed by atoms with Crippen molar-refractivity contribution in [1.29, 1.82) is 0 Å². The highest BCUT2D eigenvalue weighted by molar-refractivity contribution is 5.99.